The van der Waals surface area contributed by atoms with Crippen LogP contribution in [-0.2, 0) is 4.74 Å². The second-order valence-corrected chi connectivity index (χ2v) is 4.77. The molecule has 0 aliphatic carbocycles. The number of nitrogens with zero attached hydrogens (tertiary/aromatic N) is 2. The van der Waals surface area contributed by atoms with Crippen molar-refractivity contribution in [3.8, 4) is 6.07 Å². The van der Waals surface area contributed by atoms with Crippen LogP contribution in [0.15, 0.2) is 18.2 Å². The first-order valence-electron chi connectivity index (χ1n) is 6.15. The van der Waals surface area contributed by atoms with Crippen LogP contribution in [0.3, 0.4) is 0 Å². The third-order valence-electron chi connectivity index (χ3n) is 3.29. The van der Waals surface area contributed by atoms with E-state index in [-0.39, 0.29) is 18.8 Å². The molecule has 0 spiro atoms. The van der Waals surface area contributed by atoms with Gasteiger partial charge in [0, 0.05) is 12.6 Å². The fourth-order valence-electron chi connectivity index (χ4n) is 2.24. The van der Waals surface area contributed by atoms with Crippen molar-refractivity contribution in [2.24, 2.45) is 0 Å². The molecule has 1 N–H and O–H groups in total. The zero-order chi connectivity index (χ0) is 13.1. The maximum atomic E-state index is 9.21. The topological polar surface area (TPSA) is 56.5 Å². The van der Waals surface area contributed by atoms with Gasteiger partial charge in [-0.25, -0.2) is 0 Å². The van der Waals surface area contributed by atoms with Gasteiger partial charge in [-0.15, -0.1) is 0 Å². The van der Waals surface area contributed by atoms with Crippen LogP contribution in [0.4, 0.5) is 5.69 Å². The first-order chi connectivity index (χ1) is 8.65. The van der Waals surface area contributed by atoms with Crippen molar-refractivity contribution in [2.45, 2.75) is 26.0 Å². The Hall–Kier alpha value is -1.57. The molecule has 4 heteroatoms. The van der Waals surface area contributed by atoms with Crippen molar-refractivity contribution >= 4 is 5.69 Å². The normalized spacial score (nSPS) is 23.8. The SMILES string of the molecule is Cc1ccc(C#N)c(N2CC(CO)OCC2C)c1. The van der Waals surface area contributed by atoms with Crippen LogP contribution in [0.1, 0.15) is 18.1 Å². The minimum absolute atomic E-state index is 0.0108. The summed E-state index contributed by atoms with van der Waals surface area (Å²) in [4.78, 5) is 2.15. The fraction of sp³-hybridized carbons (Fsp3) is 0.500. The number of morpholine rings is 1. The monoisotopic (exact) mass is 246 g/mol. The predicted molar refractivity (Wildman–Crippen MR) is 69.5 cm³/mol. The first kappa shape index (κ1) is 12.9. The molecule has 0 aromatic heterocycles. The van der Waals surface area contributed by atoms with Gasteiger partial charge in [-0.2, -0.15) is 5.26 Å². The number of ether oxygens (including phenoxy) is 1. The maximum absolute atomic E-state index is 9.21. The molecule has 1 saturated heterocycles. The molecule has 0 radical (unpaired) electrons. The molecule has 2 rings (SSSR count). The largest absolute Gasteiger partial charge is 0.394 e. The molecule has 0 amide bonds. The second kappa shape index (κ2) is 5.38. The number of aliphatic hydroxyl groups is 1. The Morgan fingerprint density at radius 1 is 1.56 bits per heavy atom. The Balaban J connectivity index is 2.34. The number of aliphatic hydroxyl groups excluding tert-OH is 1. The van der Waals surface area contributed by atoms with E-state index in [1.54, 1.807) is 0 Å². The second-order valence-electron chi connectivity index (χ2n) is 4.77. The minimum atomic E-state index is -0.173. The van der Waals surface area contributed by atoms with Crippen molar-refractivity contribution in [1.29, 1.82) is 5.26 Å². The Morgan fingerprint density at radius 3 is 3.00 bits per heavy atom. The van der Waals surface area contributed by atoms with Gasteiger partial charge in [-0.3, -0.25) is 0 Å². The molecule has 96 valence electrons. The summed E-state index contributed by atoms with van der Waals surface area (Å²) in [6.07, 6.45) is -0.173. The number of hydrogen-bond donors (Lipinski definition) is 1. The third-order valence-corrected chi connectivity index (χ3v) is 3.29. The zero-order valence-corrected chi connectivity index (χ0v) is 10.8. The van der Waals surface area contributed by atoms with Crippen LogP contribution < -0.4 is 4.90 Å². The summed E-state index contributed by atoms with van der Waals surface area (Å²) < 4.78 is 5.52. The number of aryl methyl sites for hydroxylation is 1. The Bertz CT molecular complexity index is 467. The van der Waals surface area contributed by atoms with Crippen LogP contribution in [0.2, 0.25) is 0 Å². The van der Waals surface area contributed by atoms with Crippen molar-refractivity contribution in [3.63, 3.8) is 0 Å². The standard InChI is InChI=1S/C14H18N2O2/c1-10-3-4-12(6-15)14(5-10)16-7-13(8-17)18-9-11(16)2/h3-5,11,13,17H,7-9H2,1-2H3. The van der Waals surface area contributed by atoms with Gasteiger partial charge >= 0.3 is 0 Å². The Morgan fingerprint density at radius 2 is 2.33 bits per heavy atom. The molecule has 1 aromatic rings. The number of benzene rings is 1. The van der Waals surface area contributed by atoms with Gasteiger partial charge in [-0.05, 0) is 31.5 Å². The molecule has 18 heavy (non-hydrogen) atoms. The lowest BCUT2D eigenvalue weighted by Gasteiger charge is -2.39. The van der Waals surface area contributed by atoms with Crippen LogP contribution in [-0.4, -0.2) is 37.0 Å². The summed E-state index contributed by atoms with van der Waals surface area (Å²) in [5.74, 6) is 0. The van der Waals surface area contributed by atoms with Crippen molar-refractivity contribution in [3.05, 3.63) is 29.3 Å². The van der Waals surface area contributed by atoms with Crippen molar-refractivity contribution in [1.82, 2.24) is 0 Å². The first-order valence-corrected chi connectivity index (χ1v) is 6.15. The average molecular weight is 246 g/mol. The summed E-state index contributed by atoms with van der Waals surface area (Å²) in [5, 5.41) is 18.4. The Kier molecular flexibility index (Phi) is 3.85. The highest BCUT2D eigenvalue weighted by molar-refractivity contribution is 5.61. The molecule has 1 heterocycles. The lowest BCUT2D eigenvalue weighted by Crippen LogP contribution is -2.49. The average Bonchev–Trinajstić information content (AvgIpc) is 2.39. The summed E-state index contributed by atoms with van der Waals surface area (Å²) >= 11 is 0. The number of hydrogen-bond acceptors (Lipinski definition) is 4. The molecule has 1 aliphatic rings. The van der Waals surface area contributed by atoms with Gasteiger partial charge in [0.25, 0.3) is 0 Å². The molecule has 0 bridgehead atoms. The van der Waals surface area contributed by atoms with E-state index in [2.05, 4.69) is 17.9 Å². The minimum Gasteiger partial charge on any atom is -0.394 e. The van der Waals surface area contributed by atoms with E-state index >= 15 is 0 Å². The summed E-state index contributed by atoms with van der Waals surface area (Å²) in [6, 6.07) is 8.25. The highest BCUT2D eigenvalue weighted by Gasteiger charge is 2.27. The fourth-order valence-corrected chi connectivity index (χ4v) is 2.24. The van der Waals surface area contributed by atoms with Crippen LogP contribution in [0, 0.1) is 18.3 Å². The number of anilines is 1. The molecular formula is C14H18N2O2. The number of nitriles is 1. The van der Waals surface area contributed by atoms with E-state index in [9.17, 15) is 10.4 Å². The smallest absolute Gasteiger partial charge is 0.101 e. The van der Waals surface area contributed by atoms with E-state index in [0.29, 0.717) is 18.7 Å². The molecule has 2 unspecified atom stereocenters. The molecule has 0 saturated carbocycles. The van der Waals surface area contributed by atoms with Gasteiger partial charge in [0.1, 0.15) is 6.07 Å². The predicted octanol–water partition coefficient (Wildman–Crippen LogP) is 1.45. The summed E-state index contributed by atoms with van der Waals surface area (Å²) in [5.41, 5.74) is 2.74. The van der Waals surface area contributed by atoms with Crippen molar-refractivity contribution in [2.75, 3.05) is 24.7 Å². The van der Waals surface area contributed by atoms with Gasteiger partial charge in [0.15, 0.2) is 0 Å². The van der Waals surface area contributed by atoms with Gasteiger partial charge in [-0.1, -0.05) is 6.07 Å². The molecule has 4 nitrogen and oxygen atoms in total. The highest BCUT2D eigenvalue weighted by atomic mass is 16.5. The van der Waals surface area contributed by atoms with Crippen LogP contribution >= 0.6 is 0 Å². The highest BCUT2D eigenvalue weighted by Crippen LogP contribution is 2.26. The van der Waals surface area contributed by atoms with E-state index < -0.39 is 0 Å². The molecule has 1 aromatic carbocycles. The number of rotatable bonds is 2. The lowest BCUT2D eigenvalue weighted by molar-refractivity contribution is -0.0103. The molecule has 1 fully saturated rings. The van der Waals surface area contributed by atoms with Crippen LogP contribution in [0.25, 0.3) is 0 Å². The molecular weight excluding hydrogens is 228 g/mol. The van der Waals surface area contributed by atoms with Gasteiger partial charge in [0.2, 0.25) is 0 Å². The van der Waals surface area contributed by atoms with Crippen molar-refractivity contribution < 1.29 is 9.84 Å². The van der Waals surface area contributed by atoms with E-state index in [1.807, 2.05) is 25.1 Å². The lowest BCUT2D eigenvalue weighted by atomic mass is 10.1. The zero-order valence-electron chi connectivity index (χ0n) is 10.8. The Labute approximate surface area is 107 Å². The van der Waals surface area contributed by atoms with E-state index in [0.717, 1.165) is 11.3 Å². The van der Waals surface area contributed by atoms with E-state index in [4.69, 9.17) is 4.74 Å². The van der Waals surface area contributed by atoms with Gasteiger partial charge < -0.3 is 14.7 Å². The van der Waals surface area contributed by atoms with E-state index in [1.165, 1.54) is 0 Å². The third kappa shape index (κ3) is 2.47. The maximum Gasteiger partial charge on any atom is 0.101 e. The molecule has 2 atom stereocenters. The quantitative estimate of drug-likeness (QED) is 0.858. The summed E-state index contributed by atoms with van der Waals surface area (Å²) in [6.45, 7) is 5.28. The van der Waals surface area contributed by atoms with Crippen LogP contribution in [0.5, 0.6) is 0 Å². The molecule has 1 aliphatic heterocycles. The van der Waals surface area contributed by atoms with Gasteiger partial charge in [0.05, 0.1) is 30.6 Å². The summed E-state index contributed by atoms with van der Waals surface area (Å²) in [7, 11) is 0.